The Morgan fingerprint density at radius 1 is 1.19 bits per heavy atom. The van der Waals surface area contributed by atoms with Crippen molar-refractivity contribution in [2.45, 2.75) is 37.3 Å². The number of rotatable bonds is 3. The van der Waals surface area contributed by atoms with Gasteiger partial charge in [0.1, 0.15) is 11.5 Å². The number of aromatic amines is 1. The van der Waals surface area contributed by atoms with E-state index < -0.39 is 21.9 Å². The van der Waals surface area contributed by atoms with E-state index in [1.807, 2.05) is 6.92 Å². The molecule has 1 aromatic carbocycles. The minimum absolute atomic E-state index is 0.0412. The molecular formula is C21H23F3N4O3S. The molecule has 1 saturated carbocycles. The molecule has 7 nitrogen and oxygen atoms in total. The number of alkyl halides is 3. The summed E-state index contributed by atoms with van der Waals surface area (Å²) in [6, 6.07) is 5.99. The summed E-state index contributed by atoms with van der Waals surface area (Å²) in [4.78, 5) is 10.9. The Morgan fingerprint density at radius 2 is 1.84 bits per heavy atom. The monoisotopic (exact) mass is 468 g/mol. The maximum Gasteiger partial charge on any atom is 0.418 e. The third-order valence-electron chi connectivity index (χ3n) is 6.02. The Balaban J connectivity index is 0.000000189. The fourth-order valence-electron chi connectivity index (χ4n) is 4.32. The second-order valence-corrected chi connectivity index (χ2v) is 10.0. The van der Waals surface area contributed by atoms with E-state index in [4.69, 9.17) is 4.55 Å². The molecule has 3 N–H and O–H groups in total. The summed E-state index contributed by atoms with van der Waals surface area (Å²) in [5.41, 5.74) is 1.02. The van der Waals surface area contributed by atoms with Crippen LogP contribution in [0.4, 0.5) is 13.2 Å². The molecule has 0 atom stereocenters. The van der Waals surface area contributed by atoms with Crippen molar-refractivity contribution < 1.29 is 26.1 Å². The normalized spacial score (nSPS) is 18.0. The zero-order chi connectivity index (χ0) is 23.1. The van der Waals surface area contributed by atoms with Gasteiger partial charge in [0.2, 0.25) is 0 Å². The molecule has 1 saturated heterocycles. The number of aryl methyl sites for hydroxylation is 1. The highest BCUT2D eigenvalue weighted by Crippen LogP contribution is 2.49. The Morgan fingerprint density at radius 3 is 2.38 bits per heavy atom. The lowest BCUT2D eigenvalue weighted by atomic mass is 9.58. The molecule has 5 rings (SSSR count). The molecule has 0 unspecified atom stereocenters. The molecule has 172 valence electrons. The third-order valence-corrected chi connectivity index (χ3v) is 6.89. The van der Waals surface area contributed by atoms with E-state index in [1.54, 1.807) is 12.1 Å². The van der Waals surface area contributed by atoms with E-state index in [1.165, 1.54) is 31.2 Å². The summed E-state index contributed by atoms with van der Waals surface area (Å²) >= 11 is 0. The summed E-state index contributed by atoms with van der Waals surface area (Å²) in [6.07, 6.45) is 0.955. The topological polar surface area (TPSA) is 108 Å². The molecule has 1 aliphatic heterocycles. The van der Waals surface area contributed by atoms with Crippen molar-refractivity contribution in [1.82, 2.24) is 20.3 Å². The van der Waals surface area contributed by atoms with Crippen molar-refractivity contribution in [3.8, 4) is 0 Å². The molecule has 2 aliphatic rings. The van der Waals surface area contributed by atoms with Crippen LogP contribution in [0.25, 0.3) is 11.0 Å². The summed E-state index contributed by atoms with van der Waals surface area (Å²) in [6.45, 7) is 4.03. The van der Waals surface area contributed by atoms with Gasteiger partial charge in [-0.05, 0) is 43.2 Å². The Kier molecular flexibility index (Phi) is 5.76. The fraction of sp³-hybridized carbons (Fsp3) is 0.429. The van der Waals surface area contributed by atoms with Crippen molar-refractivity contribution in [3.05, 3.63) is 53.6 Å². The summed E-state index contributed by atoms with van der Waals surface area (Å²) in [7, 11) is -4.02. The number of fused-ring (bicyclic) bond motifs is 1. The van der Waals surface area contributed by atoms with Gasteiger partial charge in [-0.3, -0.25) is 4.55 Å². The first-order valence-electron chi connectivity index (χ1n) is 10.1. The molecule has 0 amide bonds. The van der Waals surface area contributed by atoms with Gasteiger partial charge in [0.05, 0.1) is 10.5 Å². The maximum atomic E-state index is 12.8. The van der Waals surface area contributed by atoms with Crippen molar-refractivity contribution in [1.29, 1.82) is 0 Å². The predicted octanol–water partition coefficient (Wildman–Crippen LogP) is 3.76. The fourth-order valence-corrected chi connectivity index (χ4v) is 4.80. The van der Waals surface area contributed by atoms with Crippen LogP contribution in [0.3, 0.4) is 0 Å². The lowest BCUT2D eigenvalue weighted by molar-refractivity contribution is -0.136. The second-order valence-electron chi connectivity index (χ2n) is 8.62. The van der Waals surface area contributed by atoms with Crippen LogP contribution in [-0.2, 0) is 22.7 Å². The molecule has 32 heavy (non-hydrogen) atoms. The van der Waals surface area contributed by atoms with Crippen LogP contribution in [0.2, 0.25) is 0 Å². The summed E-state index contributed by atoms with van der Waals surface area (Å²) < 4.78 is 67.9. The smallest absolute Gasteiger partial charge is 0.345 e. The van der Waals surface area contributed by atoms with E-state index in [0.717, 1.165) is 31.3 Å². The molecule has 1 spiro atoms. The van der Waals surface area contributed by atoms with Crippen LogP contribution < -0.4 is 5.32 Å². The number of hydrogen-bond donors (Lipinski definition) is 3. The van der Waals surface area contributed by atoms with Crippen LogP contribution in [-0.4, -0.2) is 41.0 Å². The zero-order valence-corrected chi connectivity index (χ0v) is 18.1. The van der Waals surface area contributed by atoms with Crippen molar-refractivity contribution in [3.63, 3.8) is 0 Å². The highest BCUT2D eigenvalue weighted by molar-refractivity contribution is 7.85. The highest BCUT2D eigenvalue weighted by Gasteiger charge is 2.48. The standard InChI is InChI=1S/C14H15F3N4.C7H8O3S/c15-14(16,17)10-5-20-12-9(10)4-19-11(21-12)1-8-2-13(3-8)6-18-7-13;1-6-2-4-7(5-3-6)11(8,9)10/h4-5,8,18H,1-3,6-7H2,(H,19,20,21);2-5H,1H3,(H,8,9,10). The highest BCUT2D eigenvalue weighted by atomic mass is 32.2. The summed E-state index contributed by atoms with van der Waals surface area (Å²) in [5, 5.41) is 3.33. The van der Waals surface area contributed by atoms with Gasteiger partial charge in [0.15, 0.2) is 0 Å². The van der Waals surface area contributed by atoms with E-state index in [2.05, 4.69) is 20.3 Å². The first-order chi connectivity index (χ1) is 15.0. The number of nitrogens with zero attached hydrogens (tertiary/aromatic N) is 2. The molecule has 0 bridgehead atoms. The average molecular weight is 469 g/mol. The van der Waals surface area contributed by atoms with Gasteiger partial charge in [-0.15, -0.1) is 0 Å². The Labute approximate surface area is 183 Å². The molecule has 3 aromatic rings. The number of aromatic nitrogens is 3. The van der Waals surface area contributed by atoms with Crippen LogP contribution in [0.1, 0.15) is 29.8 Å². The van der Waals surface area contributed by atoms with Gasteiger partial charge < -0.3 is 10.3 Å². The van der Waals surface area contributed by atoms with Crippen LogP contribution in [0.15, 0.2) is 41.6 Å². The second kappa shape index (κ2) is 8.13. The van der Waals surface area contributed by atoms with E-state index in [0.29, 0.717) is 17.2 Å². The first-order valence-corrected chi connectivity index (χ1v) is 11.5. The lowest BCUT2D eigenvalue weighted by Gasteiger charge is -2.54. The SMILES string of the molecule is Cc1ccc(S(=O)(=O)O)cc1.FC(F)(F)c1c[nH]c2nc(CC3CC4(CNC4)C3)ncc12. The first kappa shape index (κ1) is 22.7. The zero-order valence-electron chi connectivity index (χ0n) is 17.3. The van der Waals surface area contributed by atoms with Crippen LogP contribution in [0, 0.1) is 18.3 Å². The summed E-state index contributed by atoms with van der Waals surface area (Å²) in [5.74, 6) is 1.19. The molecule has 2 fully saturated rings. The lowest BCUT2D eigenvalue weighted by Crippen LogP contribution is -2.60. The van der Waals surface area contributed by atoms with Gasteiger partial charge in [-0.1, -0.05) is 17.7 Å². The minimum Gasteiger partial charge on any atom is -0.345 e. The van der Waals surface area contributed by atoms with E-state index >= 15 is 0 Å². The quantitative estimate of drug-likeness (QED) is 0.505. The number of halogens is 3. The van der Waals surface area contributed by atoms with Crippen LogP contribution in [0.5, 0.6) is 0 Å². The molecular weight excluding hydrogens is 445 g/mol. The maximum absolute atomic E-state index is 12.8. The molecule has 11 heteroatoms. The number of benzene rings is 1. The van der Waals surface area contributed by atoms with Gasteiger partial charge in [-0.2, -0.15) is 21.6 Å². The van der Waals surface area contributed by atoms with Gasteiger partial charge in [-0.25, -0.2) is 9.97 Å². The number of nitrogens with one attached hydrogen (secondary N) is 2. The molecule has 1 aliphatic carbocycles. The molecule has 3 heterocycles. The number of H-pyrrole nitrogens is 1. The van der Waals surface area contributed by atoms with Gasteiger partial charge in [0, 0.05) is 37.3 Å². The minimum atomic E-state index is -4.37. The van der Waals surface area contributed by atoms with Gasteiger partial charge >= 0.3 is 6.18 Å². The molecule has 2 aromatic heterocycles. The van der Waals surface area contributed by atoms with Crippen LogP contribution >= 0.6 is 0 Å². The van der Waals surface area contributed by atoms with E-state index in [-0.39, 0.29) is 15.9 Å². The predicted molar refractivity (Wildman–Crippen MR) is 112 cm³/mol. The third kappa shape index (κ3) is 4.79. The van der Waals surface area contributed by atoms with Crippen molar-refractivity contribution in [2.75, 3.05) is 13.1 Å². The average Bonchev–Trinajstić information content (AvgIpc) is 3.06. The van der Waals surface area contributed by atoms with Crippen molar-refractivity contribution >= 4 is 21.2 Å². The Bertz CT molecular complexity index is 1210. The number of hydrogen-bond acceptors (Lipinski definition) is 5. The Hall–Kier alpha value is -2.50. The van der Waals surface area contributed by atoms with Gasteiger partial charge in [0.25, 0.3) is 10.1 Å². The molecule has 0 radical (unpaired) electrons. The van der Waals surface area contributed by atoms with E-state index in [9.17, 15) is 21.6 Å². The van der Waals surface area contributed by atoms with Crippen molar-refractivity contribution in [2.24, 2.45) is 11.3 Å². The largest absolute Gasteiger partial charge is 0.418 e.